The lowest BCUT2D eigenvalue weighted by molar-refractivity contribution is 0.0969. The van der Waals surface area contributed by atoms with Crippen LogP contribution in [0.2, 0.25) is 13.1 Å². The zero-order valence-corrected chi connectivity index (χ0v) is 15.3. The van der Waals surface area contributed by atoms with Gasteiger partial charge < -0.3 is 4.43 Å². The van der Waals surface area contributed by atoms with Crippen LogP contribution in [-0.2, 0) is 4.43 Å². The lowest BCUT2D eigenvalue weighted by Crippen LogP contribution is -2.30. The highest BCUT2D eigenvalue weighted by molar-refractivity contribution is 6.48. The van der Waals surface area contributed by atoms with E-state index >= 15 is 0 Å². The summed E-state index contributed by atoms with van der Waals surface area (Å²) >= 11 is 0. The van der Waals surface area contributed by atoms with Gasteiger partial charge in [0.2, 0.25) is 9.04 Å². The van der Waals surface area contributed by atoms with Gasteiger partial charge in [0.25, 0.3) is 0 Å². The lowest BCUT2D eigenvalue weighted by atomic mass is 9.83. The summed E-state index contributed by atoms with van der Waals surface area (Å²) in [6.07, 6.45) is 19.0. The molecule has 1 aliphatic carbocycles. The Balaban J connectivity index is 2.16. The minimum Gasteiger partial charge on any atom is -0.414 e. The molecule has 0 saturated heterocycles. The van der Waals surface area contributed by atoms with Crippen LogP contribution in [0, 0.1) is 5.92 Å². The van der Waals surface area contributed by atoms with Crippen LogP contribution in [0.5, 0.6) is 0 Å². The van der Waals surface area contributed by atoms with Crippen LogP contribution in [-0.4, -0.2) is 15.1 Å². The number of hydrogen-bond donors (Lipinski definition) is 0. The molecule has 0 aliphatic heterocycles. The summed E-state index contributed by atoms with van der Waals surface area (Å²) in [5, 5.41) is 0. The standard InChI is InChI=1S/C18H37OSi/c1-4-5-6-7-8-9-13-16-18(19-20(2)3)17-14-11-10-12-15-17/h17-18H,4-16H2,1-3H3. The predicted molar refractivity (Wildman–Crippen MR) is 91.5 cm³/mol. The van der Waals surface area contributed by atoms with Crippen molar-refractivity contribution >= 4 is 9.04 Å². The van der Waals surface area contributed by atoms with E-state index in [0.717, 1.165) is 5.92 Å². The SMILES string of the molecule is CCCCCCCCCC(O[Si](C)C)C1CCCCC1. The topological polar surface area (TPSA) is 9.23 Å². The quantitative estimate of drug-likeness (QED) is 0.319. The molecule has 20 heavy (non-hydrogen) atoms. The highest BCUT2D eigenvalue weighted by Gasteiger charge is 2.24. The van der Waals surface area contributed by atoms with Gasteiger partial charge >= 0.3 is 0 Å². The summed E-state index contributed by atoms with van der Waals surface area (Å²) in [6, 6.07) is 0. The van der Waals surface area contributed by atoms with Crippen LogP contribution in [0.4, 0.5) is 0 Å². The van der Waals surface area contributed by atoms with Crippen molar-refractivity contribution in [1.82, 2.24) is 0 Å². The fourth-order valence-electron chi connectivity index (χ4n) is 3.50. The number of rotatable bonds is 11. The number of unbranched alkanes of at least 4 members (excludes halogenated alkanes) is 6. The van der Waals surface area contributed by atoms with Gasteiger partial charge in [-0.05, 0) is 38.3 Å². The first-order valence-electron chi connectivity index (χ1n) is 9.21. The molecule has 0 bridgehead atoms. The van der Waals surface area contributed by atoms with E-state index in [1.807, 2.05) is 0 Å². The van der Waals surface area contributed by atoms with Gasteiger partial charge in [0, 0.05) is 6.10 Å². The molecule has 0 aromatic carbocycles. The van der Waals surface area contributed by atoms with Crippen molar-refractivity contribution in [2.24, 2.45) is 5.92 Å². The van der Waals surface area contributed by atoms with Crippen molar-refractivity contribution in [3.8, 4) is 0 Å². The molecule has 1 unspecified atom stereocenters. The molecule has 1 radical (unpaired) electrons. The van der Waals surface area contributed by atoms with Crippen LogP contribution < -0.4 is 0 Å². The number of hydrogen-bond acceptors (Lipinski definition) is 1. The largest absolute Gasteiger partial charge is 0.414 e. The fourth-order valence-corrected chi connectivity index (χ4v) is 4.42. The first-order chi connectivity index (χ1) is 9.74. The minimum absolute atomic E-state index is 0.535. The Hall–Kier alpha value is 0.177. The van der Waals surface area contributed by atoms with E-state index < -0.39 is 9.04 Å². The summed E-state index contributed by atoms with van der Waals surface area (Å²) in [4.78, 5) is 0. The molecule has 1 saturated carbocycles. The molecule has 0 aromatic heterocycles. The smallest absolute Gasteiger partial charge is 0.205 e. The third kappa shape index (κ3) is 8.46. The van der Waals surface area contributed by atoms with Crippen molar-refractivity contribution in [2.45, 2.75) is 110 Å². The summed E-state index contributed by atoms with van der Waals surface area (Å²) in [6.45, 7) is 6.89. The van der Waals surface area contributed by atoms with Crippen molar-refractivity contribution in [3.05, 3.63) is 0 Å². The van der Waals surface area contributed by atoms with Gasteiger partial charge in [-0.25, -0.2) is 0 Å². The molecule has 0 aromatic rings. The Morgan fingerprint density at radius 1 is 0.900 bits per heavy atom. The molecule has 0 N–H and O–H groups in total. The molecule has 0 heterocycles. The Kier molecular flexibility index (Phi) is 10.7. The highest BCUT2D eigenvalue weighted by atomic mass is 28.3. The van der Waals surface area contributed by atoms with Gasteiger partial charge in [-0.1, -0.05) is 71.1 Å². The molecule has 0 amide bonds. The normalized spacial score (nSPS) is 18.6. The van der Waals surface area contributed by atoms with Gasteiger partial charge in [0.1, 0.15) is 0 Å². The molecule has 1 rings (SSSR count). The first-order valence-corrected chi connectivity index (χ1v) is 11.6. The maximum atomic E-state index is 6.34. The van der Waals surface area contributed by atoms with E-state index in [1.54, 1.807) is 0 Å². The molecule has 1 fully saturated rings. The lowest BCUT2D eigenvalue weighted by Gasteiger charge is -2.31. The zero-order chi connectivity index (χ0) is 14.6. The van der Waals surface area contributed by atoms with E-state index in [2.05, 4.69) is 20.0 Å². The molecular weight excluding hydrogens is 260 g/mol. The summed E-state index contributed by atoms with van der Waals surface area (Å²) < 4.78 is 6.34. The Morgan fingerprint density at radius 2 is 1.50 bits per heavy atom. The van der Waals surface area contributed by atoms with E-state index in [-0.39, 0.29) is 0 Å². The van der Waals surface area contributed by atoms with Crippen LogP contribution in [0.15, 0.2) is 0 Å². The summed E-state index contributed by atoms with van der Waals surface area (Å²) in [5.74, 6) is 0.878. The second-order valence-electron chi connectivity index (χ2n) is 6.87. The maximum absolute atomic E-state index is 6.34. The second-order valence-corrected chi connectivity index (χ2v) is 8.92. The average Bonchev–Trinajstić information content (AvgIpc) is 2.45. The summed E-state index contributed by atoms with van der Waals surface area (Å²) in [5.41, 5.74) is 0. The molecule has 1 atom stereocenters. The molecule has 1 aliphatic rings. The zero-order valence-electron chi connectivity index (χ0n) is 14.3. The molecular formula is C18H37OSi. The van der Waals surface area contributed by atoms with Crippen molar-refractivity contribution in [3.63, 3.8) is 0 Å². The van der Waals surface area contributed by atoms with Gasteiger partial charge in [0.15, 0.2) is 0 Å². The molecule has 0 spiro atoms. The average molecular weight is 298 g/mol. The van der Waals surface area contributed by atoms with E-state index in [1.165, 1.54) is 83.5 Å². The minimum atomic E-state index is -0.535. The monoisotopic (exact) mass is 297 g/mol. The Morgan fingerprint density at radius 3 is 2.10 bits per heavy atom. The van der Waals surface area contributed by atoms with Crippen LogP contribution in [0.3, 0.4) is 0 Å². The van der Waals surface area contributed by atoms with Crippen molar-refractivity contribution in [2.75, 3.05) is 0 Å². The van der Waals surface area contributed by atoms with Gasteiger partial charge in [-0.15, -0.1) is 0 Å². The van der Waals surface area contributed by atoms with Gasteiger partial charge in [-0.3, -0.25) is 0 Å². The summed E-state index contributed by atoms with van der Waals surface area (Å²) in [7, 11) is -0.535. The van der Waals surface area contributed by atoms with Crippen molar-refractivity contribution < 1.29 is 4.43 Å². The fraction of sp³-hybridized carbons (Fsp3) is 1.00. The third-order valence-electron chi connectivity index (χ3n) is 4.65. The second kappa shape index (κ2) is 11.8. The van der Waals surface area contributed by atoms with E-state index in [9.17, 15) is 0 Å². The Labute approximate surface area is 129 Å². The van der Waals surface area contributed by atoms with Gasteiger partial charge in [-0.2, -0.15) is 0 Å². The molecule has 1 nitrogen and oxygen atoms in total. The van der Waals surface area contributed by atoms with Gasteiger partial charge in [0.05, 0.1) is 0 Å². The van der Waals surface area contributed by atoms with Crippen molar-refractivity contribution in [1.29, 1.82) is 0 Å². The van der Waals surface area contributed by atoms with E-state index in [4.69, 9.17) is 4.43 Å². The maximum Gasteiger partial charge on any atom is 0.205 e. The van der Waals surface area contributed by atoms with Crippen LogP contribution >= 0.6 is 0 Å². The van der Waals surface area contributed by atoms with E-state index in [0.29, 0.717) is 6.10 Å². The van der Waals surface area contributed by atoms with Crippen LogP contribution in [0.25, 0.3) is 0 Å². The predicted octanol–water partition coefficient (Wildman–Crippen LogP) is 6.34. The molecule has 119 valence electrons. The van der Waals surface area contributed by atoms with Crippen LogP contribution in [0.1, 0.15) is 90.4 Å². The first kappa shape index (κ1) is 18.2. The highest BCUT2D eigenvalue weighted by Crippen LogP contribution is 2.30. The third-order valence-corrected chi connectivity index (χ3v) is 5.43. The Bertz CT molecular complexity index is 211. The molecule has 2 heteroatoms.